The van der Waals surface area contributed by atoms with E-state index in [-0.39, 0.29) is 0 Å². The fraction of sp³-hybridized carbons (Fsp3) is 0.308. The first-order valence-corrected chi connectivity index (χ1v) is 5.65. The normalized spacial score (nSPS) is 13.8. The van der Waals surface area contributed by atoms with Crippen LogP contribution in [-0.2, 0) is 19.4 Å². The molecule has 3 nitrogen and oxygen atoms in total. The predicted octanol–water partition coefficient (Wildman–Crippen LogP) is 2.78. The van der Waals surface area contributed by atoms with E-state index in [0.29, 0.717) is 0 Å². The number of nitrogens with zero attached hydrogens (tertiary/aromatic N) is 1. The zero-order chi connectivity index (χ0) is 10.8. The number of hydrogen-bond acceptors (Lipinski definition) is 3. The molecule has 1 aliphatic carbocycles. The van der Waals surface area contributed by atoms with Crippen molar-refractivity contribution in [2.75, 3.05) is 5.32 Å². The molecule has 0 spiro atoms. The monoisotopic (exact) mass is 214 g/mol. The molecule has 3 rings (SSSR count). The van der Waals surface area contributed by atoms with E-state index < -0.39 is 0 Å². The fourth-order valence-corrected chi connectivity index (χ4v) is 2.10. The fourth-order valence-electron chi connectivity index (χ4n) is 2.10. The molecule has 1 N–H and O–H groups in total. The maximum absolute atomic E-state index is 5.02. The van der Waals surface area contributed by atoms with Crippen LogP contribution in [0.3, 0.4) is 0 Å². The summed E-state index contributed by atoms with van der Waals surface area (Å²) in [4.78, 5) is 4.61. The van der Waals surface area contributed by atoms with E-state index in [1.165, 1.54) is 24.1 Å². The second-order valence-corrected chi connectivity index (χ2v) is 4.14. The van der Waals surface area contributed by atoms with E-state index in [0.717, 1.165) is 24.3 Å². The zero-order valence-electron chi connectivity index (χ0n) is 9.07. The summed E-state index contributed by atoms with van der Waals surface area (Å²) in [7, 11) is 0. The van der Waals surface area contributed by atoms with Gasteiger partial charge in [-0.25, -0.2) is 4.98 Å². The van der Waals surface area contributed by atoms with Gasteiger partial charge in [-0.2, -0.15) is 0 Å². The highest BCUT2D eigenvalue weighted by atomic mass is 16.3. The summed E-state index contributed by atoms with van der Waals surface area (Å²) in [5.74, 6) is 0.960. The van der Waals surface area contributed by atoms with E-state index >= 15 is 0 Å². The van der Waals surface area contributed by atoms with Crippen molar-refractivity contribution in [2.45, 2.75) is 25.8 Å². The van der Waals surface area contributed by atoms with Gasteiger partial charge >= 0.3 is 0 Å². The number of aryl methyl sites for hydroxylation is 2. The zero-order valence-corrected chi connectivity index (χ0v) is 9.07. The van der Waals surface area contributed by atoms with Crippen molar-refractivity contribution in [1.29, 1.82) is 0 Å². The van der Waals surface area contributed by atoms with E-state index in [1.807, 2.05) is 6.07 Å². The van der Waals surface area contributed by atoms with Gasteiger partial charge in [-0.3, -0.25) is 0 Å². The Hall–Kier alpha value is -1.77. The van der Waals surface area contributed by atoms with Gasteiger partial charge in [-0.1, -0.05) is 6.07 Å². The average Bonchev–Trinajstić information content (AvgIpc) is 2.97. The predicted molar refractivity (Wildman–Crippen MR) is 62.3 cm³/mol. The Morgan fingerprint density at radius 3 is 3.12 bits per heavy atom. The third kappa shape index (κ3) is 1.81. The summed E-state index contributed by atoms with van der Waals surface area (Å²) in [5, 5.41) is 3.31. The van der Waals surface area contributed by atoms with Crippen molar-refractivity contribution in [3.05, 3.63) is 47.5 Å². The molecule has 0 fully saturated rings. The van der Waals surface area contributed by atoms with Crippen LogP contribution >= 0.6 is 0 Å². The van der Waals surface area contributed by atoms with E-state index in [1.54, 1.807) is 12.5 Å². The molecule has 0 bridgehead atoms. The molecule has 0 unspecified atom stereocenters. The number of aromatic nitrogens is 1. The van der Waals surface area contributed by atoms with Gasteiger partial charge in [0.05, 0.1) is 12.5 Å². The molecule has 0 aromatic carbocycles. The molecule has 2 heterocycles. The summed E-state index contributed by atoms with van der Waals surface area (Å²) in [6, 6.07) is 6.21. The van der Waals surface area contributed by atoms with Crippen molar-refractivity contribution in [2.24, 2.45) is 0 Å². The van der Waals surface area contributed by atoms with Gasteiger partial charge in [0.1, 0.15) is 5.82 Å². The molecule has 2 aromatic heterocycles. The molecular formula is C13H14N2O. The molecule has 3 heteroatoms. The van der Waals surface area contributed by atoms with E-state index in [2.05, 4.69) is 22.4 Å². The molecule has 0 atom stereocenters. The van der Waals surface area contributed by atoms with Crippen LogP contribution in [0.25, 0.3) is 0 Å². The molecule has 82 valence electrons. The smallest absolute Gasteiger partial charge is 0.126 e. The van der Waals surface area contributed by atoms with Crippen LogP contribution in [0.15, 0.2) is 35.1 Å². The molecule has 0 saturated carbocycles. The van der Waals surface area contributed by atoms with Crippen molar-refractivity contribution < 1.29 is 4.42 Å². The third-order valence-electron chi connectivity index (χ3n) is 2.98. The highest BCUT2D eigenvalue weighted by molar-refractivity contribution is 5.40. The average molecular weight is 214 g/mol. The Morgan fingerprint density at radius 2 is 2.25 bits per heavy atom. The lowest BCUT2D eigenvalue weighted by Gasteiger charge is -2.05. The Labute approximate surface area is 94.5 Å². The molecule has 0 aliphatic heterocycles. The van der Waals surface area contributed by atoms with Crippen molar-refractivity contribution in [1.82, 2.24) is 4.98 Å². The topological polar surface area (TPSA) is 38.1 Å². The second kappa shape index (κ2) is 4.00. The number of pyridine rings is 1. The van der Waals surface area contributed by atoms with Crippen molar-refractivity contribution >= 4 is 5.82 Å². The van der Waals surface area contributed by atoms with Gasteiger partial charge < -0.3 is 9.73 Å². The number of rotatable bonds is 3. The van der Waals surface area contributed by atoms with Crippen LogP contribution in [0.5, 0.6) is 0 Å². The van der Waals surface area contributed by atoms with Gasteiger partial charge in [0.2, 0.25) is 0 Å². The van der Waals surface area contributed by atoms with Crippen LogP contribution in [0.4, 0.5) is 5.82 Å². The lowest BCUT2D eigenvalue weighted by molar-refractivity contribution is 0.564. The minimum Gasteiger partial charge on any atom is -0.472 e. The van der Waals surface area contributed by atoms with Crippen LogP contribution in [-0.4, -0.2) is 4.98 Å². The first kappa shape index (κ1) is 9.46. The van der Waals surface area contributed by atoms with Gasteiger partial charge in [0.25, 0.3) is 0 Å². The number of nitrogens with one attached hydrogen (secondary N) is 1. The minimum absolute atomic E-state index is 0.766. The lowest BCUT2D eigenvalue weighted by Crippen LogP contribution is -2.01. The summed E-state index contributed by atoms with van der Waals surface area (Å²) in [6.07, 6.45) is 6.99. The first-order valence-electron chi connectivity index (χ1n) is 5.65. The van der Waals surface area contributed by atoms with Crippen molar-refractivity contribution in [3.63, 3.8) is 0 Å². The number of furan rings is 1. The maximum Gasteiger partial charge on any atom is 0.126 e. The SMILES string of the molecule is c1cc(CNc2ccc3c(n2)CCC3)co1. The largest absolute Gasteiger partial charge is 0.472 e. The lowest BCUT2D eigenvalue weighted by atomic mass is 10.2. The van der Waals surface area contributed by atoms with Crippen LogP contribution in [0, 0.1) is 0 Å². The van der Waals surface area contributed by atoms with E-state index in [4.69, 9.17) is 4.42 Å². The summed E-state index contributed by atoms with van der Waals surface area (Å²) in [5.41, 5.74) is 3.81. The summed E-state index contributed by atoms with van der Waals surface area (Å²) < 4.78 is 5.02. The maximum atomic E-state index is 5.02. The number of hydrogen-bond donors (Lipinski definition) is 1. The van der Waals surface area contributed by atoms with Crippen molar-refractivity contribution in [3.8, 4) is 0 Å². The highest BCUT2D eigenvalue weighted by Gasteiger charge is 2.12. The van der Waals surface area contributed by atoms with Gasteiger partial charge in [-0.15, -0.1) is 0 Å². The Morgan fingerprint density at radius 1 is 1.25 bits per heavy atom. The molecule has 0 radical (unpaired) electrons. The molecular weight excluding hydrogens is 200 g/mol. The summed E-state index contributed by atoms with van der Waals surface area (Å²) >= 11 is 0. The highest BCUT2D eigenvalue weighted by Crippen LogP contribution is 2.21. The molecule has 2 aromatic rings. The quantitative estimate of drug-likeness (QED) is 0.853. The molecule has 16 heavy (non-hydrogen) atoms. The molecule has 0 saturated heterocycles. The Balaban J connectivity index is 1.71. The number of fused-ring (bicyclic) bond motifs is 1. The van der Waals surface area contributed by atoms with Gasteiger partial charge in [0.15, 0.2) is 0 Å². The Kier molecular flexibility index (Phi) is 2.37. The van der Waals surface area contributed by atoms with Crippen LogP contribution < -0.4 is 5.32 Å². The van der Waals surface area contributed by atoms with Gasteiger partial charge in [-0.05, 0) is 37.0 Å². The van der Waals surface area contributed by atoms with E-state index in [9.17, 15) is 0 Å². The van der Waals surface area contributed by atoms with Gasteiger partial charge in [0, 0.05) is 17.8 Å². The first-order chi connectivity index (χ1) is 7.92. The second-order valence-electron chi connectivity index (χ2n) is 4.14. The Bertz CT molecular complexity index is 477. The molecule has 1 aliphatic rings. The third-order valence-corrected chi connectivity index (χ3v) is 2.98. The summed E-state index contributed by atoms with van der Waals surface area (Å²) in [6.45, 7) is 0.766. The van der Waals surface area contributed by atoms with Crippen LogP contribution in [0.1, 0.15) is 23.2 Å². The minimum atomic E-state index is 0.766. The molecule has 0 amide bonds. The van der Waals surface area contributed by atoms with Crippen LogP contribution in [0.2, 0.25) is 0 Å². The number of anilines is 1. The standard InChI is InChI=1S/C13H14N2O/c1-2-11-4-5-13(15-12(11)3-1)14-8-10-6-7-16-9-10/h4-7,9H,1-3,8H2,(H,14,15).